The van der Waals surface area contributed by atoms with Crippen LogP contribution in [0.1, 0.15) is 11.1 Å². The van der Waals surface area contributed by atoms with Crippen LogP contribution >= 0.6 is 11.8 Å². The number of aryl methyl sites for hydroxylation is 1. The normalized spacial score (nSPS) is 10.5. The summed E-state index contributed by atoms with van der Waals surface area (Å²) in [7, 11) is 0. The molecule has 0 radical (unpaired) electrons. The number of aromatic hydroxyl groups is 1. The van der Waals surface area contributed by atoms with E-state index in [-0.39, 0.29) is 11.6 Å². The number of thioether (sulfide) groups is 1. The topological polar surface area (TPSA) is 20.2 Å². The second-order valence-electron chi connectivity index (χ2n) is 3.86. The van der Waals surface area contributed by atoms with Crippen LogP contribution in [0.5, 0.6) is 5.75 Å². The average Bonchev–Trinajstić information content (AvgIpc) is 2.30. The van der Waals surface area contributed by atoms with Crippen LogP contribution in [0.3, 0.4) is 0 Å². The molecule has 0 aromatic heterocycles. The van der Waals surface area contributed by atoms with Gasteiger partial charge < -0.3 is 5.11 Å². The average molecular weight is 248 g/mol. The maximum absolute atomic E-state index is 13.1. The van der Waals surface area contributed by atoms with Gasteiger partial charge in [0.05, 0.1) is 0 Å². The van der Waals surface area contributed by atoms with Gasteiger partial charge in [0, 0.05) is 10.6 Å². The monoisotopic (exact) mass is 248 g/mol. The summed E-state index contributed by atoms with van der Waals surface area (Å²) in [6, 6.07) is 11.9. The number of halogens is 1. The summed E-state index contributed by atoms with van der Waals surface area (Å²) in [5.41, 5.74) is 2.07. The molecule has 0 heterocycles. The molecule has 0 fully saturated rings. The summed E-state index contributed by atoms with van der Waals surface area (Å²) >= 11 is 1.58. The van der Waals surface area contributed by atoms with Crippen molar-refractivity contribution in [2.75, 3.05) is 0 Å². The molecule has 3 heteroatoms. The molecule has 0 aliphatic heterocycles. The minimum Gasteiger partial charge on any atom is -0.508 e. The van der Waals surface area contributed by atoms with Crippen molar-refractivity contribution in [3.05, 3.63) is 59.4 Å². The quantitative estimate of drug-likeness (QED) is 0.824. The number of phenols is 1. The molecule has 1 N–H and O–H groups in total. The van der Waals surface area contributed by atoms with Crippen molar-refractivity contribution < 1.29 is 9.50 Å². The number of hydrogen-bond acceptors (Lipinski definition) is 2. The van der Waals surface area contributed by atoms with Crippen LogP contribution in [0, 0.1) is 12.7 Å². The molecule has 0 atom stereocenters. The van der Waals surface area contributed by atoms with E-state index in [9.17, 15) is 9.50 Å². The summed E-state index contributed by atoms with van der Waals surface area (Å²) < 4.78 is 13.1. The predicted octanol–water partition coefficient (Wildman–Crippen LogP) is 4.13. The van der Waals surface area contributed by atoms with Gasteiger partial charge >= 0.3 is 0 Å². The van der Waals surface area contributed by atoms with E-state index in [4.69, 9.17) is 0 Å². The minimum atomic E-state index is -0.206. The van der Waals surface area contributed by atoms with Crippen LogP contribution in [0.4, 0.5) is 4.39 Å². The summed E-state index contributed by atoms with van der Waals surface area (Å²) in [6.45, 7) is 1.97. The number of benzene rings is 2. The van der Waals surface area contributed by atoms with Crippen molar-refractivity contribution in [2.45, 2.75) is 17.6 Å². The van der Waals surface area contributed by atoms with E-state index < -0.39 is 0 Å². The predicted molar refractivity (Wildman–Crippen MR) is 68.8 cm³/mol. The van der Waals surface area contributed by atoms with Crippen molar-refractivity contribution in [3.63, 3.8) is 0 Å². The Labute approximate surface area is 104 Å². The first-order valence-electron chi connectivity index (χ1n) is 5.32. The van der Waals surface area contributed by atoms with Crippen LogP contribution in [0.25, 0.3) is 0 Å². The molecule has 88 valence electrons. The van der Waals surface area contributed by atoms with Crippen LogP contribution < -0.4 is 0 Å². The lowest BCUT2D eigenvalue weighted by molar-refractivity contribution is 0.474. The SMILES string of the molecule is Cc1ccc(F)cc1CSc1cccc(O)c1. The van der Waals surface area contributed by atoms with Crippen molar-refractivity contribution in [1.82, 2.24) is 0 Å². The van der Waals surface area contributed by atoms with E-state index in [1.54, 1.807) is 42.1 Å². The Hall–Kier alpha value is -1.48. The van der Waals surface area contributed by atoms with E-state index in [2.05, 4.69) is 0 Å². The number of rotatable bonds is 3. The van der Waals surface area contributed by atoms with E-state index in [1.165, 1.54) is 6.07 Å². The molecule has 0 spiro atoms. The first kappa shape index (κ1) is 12.0. The van der Waals surface area contributed by atoms with Gasteiger partial charge in [-0.3, -0.25) is 0 Å². The molecule has 2 aromatic carbocycles. The molecule has 2 rings (SSSR count). The maximum atomic E-state index is 13.1. The zero-order valence-corrected chi connectivity index (χ0v) is 10.3. The molecule has 0 unspecified atom stereocenters. The van der Waals surface area contributed by atoms with Gasteiger partial charge in [0.1, 0.15) is 11.6 Å². The molecule has 17 heavy (non-hydrogen) atoms. The molecular weight excluding hydrogens is 235 g/mol. The number of phenolic OH excluding ortho intramolecular Hbond substituents is 1. The smallest absolute Gasteiger partial charge is 0.123 e. The third-order valence-electron chi connectivity index (χ3n) is 2.52. The molecule has 0 aliphatic carbocycles. The molecule has 0 saturated heterocycles. The van der Waals surface area contributed by atoms with Gasteiger partial charge in [-0.15, -0.1) is 11.8 Å². The summed E-state index contributed by atoms with van der Waals surface area (Å²) in [4.78, 5) is 0.980. The summed E-state index contributed by atoms with van der Waals surface area (Å²) in [5, 5.41) is 9.34. The molecule has 0 aliphatic rings. The van der Waals surface area contributed by atoms with Crippen LogP contribution in [-0.2, 0) is 5.75 Å². The van der Waals surface area contributed by atoms with Gasteiger partial charge in [-0.05, 0) is 48.4 Å². The Morgan fingerprint density at radius 2 is 2.00 bits per heavy atom. The Balaban J connectivity index is 2.09. The minimum absolute atomic E-state index is 0.206. The highest BCUT2D eigenvalue weighted by Crippen LogP contribution is 2.26. The fourth-order valence-electron chi connectivity index (χ4n) is 1.53. The van der Waals surface area contributed by atoms with Gasteiger partial charge in [0.15, 0.2) is 0 Å². The molecule has 0 bridgehead atoms. The van der Waals surface area contributed by atoms with Crippen molar-refractivity contribution >= 4 is 11.8 Å². The Morgan fingerprint density at radius 1 is 1.18 bits per heavy atom. The van der Waals surface area contributed by atoms with Crippen LogP contribution in [0.15, 0.2) is 47.4 Å². The first-order chi connectivity index (χ1) is 8.15. The van der Waals surface area contributed by atoms with Gasteiger partial charge in [-0.25, -0.2) is 4.39 Å². The van der Waals surface area contributed by atoms with E-state index in [1.807, 2.05) is 13.0 Å². The zero-order chi connectivity index (χ0) is 12.3. The van der Waals surface area contributed by atoms with Gasteiger partial charge in [-0.1, -0.05) is 12.1 Å². The first-order valence-corrected chi connectivity index (χ1v) is 6.30. The van der Waals surface area contributed by atoms with E-state index in [0.29, 0.717) is 5.75 Å². The van der Waals surface area contributed by atoms with Gasteiger partial charge in [-0.2, -0.15) is 0 Å². The maximum Gasteiger partial charge on any atom is 0.123 e. The van der Waals surface area contributed by atoms with Crippen molar-refractivity contribution in [2.24, 2.45) is 0 Å². The largest absolute Gasteiger partial charge is 0.508 e. The fourth-order valence-corrected chi connectivity index (χ4v) is 2.54. The highest BCUT2D eigenvalue weighted by Gasteiger charge is 2.02. The van der Waals surface area contributed by atoms with Crippen LogP contribution in [-0.4, -0.2) is 5.11 Å². The van der Waals surface area contributed by atoms with Gasteiger partial charge in [0.2, 0.25) is 0 Å². The van der Waals surface area contributed by atoms with Crippen molar-refractivity contribution in [1.29, 1.82) is 0 Å². The fraction of sp³-hybridized carbons (Fsp3) is 0.143. The third kappa shape index (κ3) is 3.24. The van der Waals surface area contributed by atoms with Crippen molar-refractivity contribution in [3.8, 4) is 5.75 Å². The van der Waals surface area contributed by atoms with Gasteiger partial charge in [0.25, 0.3) is 0 Å². The molecule has 0 saturated carbocycles. The lowest BCUT2D eigenvalue weighted by Gasteiger charge is -2.06. The third-order valence-corrected chi connectivity index (χ3v) is 3.57. The van der Waals surface area contributed by atoms with E-state index >= 15 is 0 Å². The Bertz CT molecular complexity index is 525. The molecular formula is C14H13FOS. The highest BCUT2D eigenvalue weighted by molar-refractivity contribution is 7.98. The molecule has 2 aromatic rings. The zero-order valence-electron chi connectivity index (χ0n) is 9.48. The summed E-state index contributed by atoms with van der Waals surface area (Å²) in [5.74, 6) is 0.751. The number of hydrogen-bond donors (Lipinski definition) is 1. The lowest BCUT2D eigenvalue weighted by Crippen LogP contribution is -1.88. The Morgan fingerprint density at radius 3 is 2.76 bits per heavy atom. The second-order valence-corrected chi connectivity index (χ2v) is 4.91. The van der Waals surface area contributed by atoms with Crippen LogP contribution in [0.2, 0.25) is 0 Å². The molecule has 1 nitrogen and oxygen atoms in total. The standard InChI is InChI=1S/C14H13FOS/c1-10-5-6-12(15)7-11(10)9-17-14-4-2-3-13(16)8-14/h2-8,16H,9H2,1H3. The lowest BCUT2D eigenvalue weighted by atomic mass is 10.1. The van der Waals surface area contributed by atoms with E-state index in [0.717, 1.165) is 16.0 Å². The second kappa shape index (κ2) is 5.23. The Kier molecular flexibility index (Phi) is 3.69. The highest BCUT2D eigenvalue weighted by atomic mass is 32.2. The summed E-state index contributed by atoms with van der Waals surface area (Å²) in [6.07, 6.45) is 0. The molecule has 0 amide bonds.